The van der Waals surface area contributed by atoms with Crippen molar-refractivity contribution in [3.8, 4) is 0 Å². The third-order valence-electron chi connectivity index (χ3n) is 2.60. The van der Waals surface area contributed by atoms with E-state index in [0.717, 1.165) is 12.0 Å². The van der Waals surface area contributed by atoms with E-state index in [1.54, 1.807) is 0 Å². The van der Waals surface area contributed by atoms with Gasteiger partial charge in [-0.25, -0.2) is 4.79 Å². The maximum atomic E-state index is 11.6. The van der Waals surface area contributed by atoms with Gasteiger partial charge >= 0.3 is 6.09 Å². The second kappa shape index (κ2) is 8.69. The fraction of sp³-hybridized carbons (Fsp3) is 0.429. The average molecular weight is 328 g/mol. The molecule has 1 aromatic carbocycles. The van der Waals surface area contributed by atoms with Crippen LogP contribution in [0.5, 0.6) is 0 Å². The number of Topliss-reactive ketones (excluding diaryl/α,β-unsaturated/α-hetero) is 1. The number of alkyl carbamates (subject to hydrolysis) is 1. The van der Waals surface area contributed by atoms with Crippen LogP contribution in [0.1, 0.15) is 25.3 Å². The minimum atomic E-state index is -0.559. The third-order valence-corrected chi connectivity index (χ3v) is 3.16. The number of hydrogen-bond donors (Lipinski definition) is 1. The maximum Gasteiger partial charge on any atom is 0.408 e. The summed E-state index contributed by atoms with van der Waals surface area (Å²) < 4.78 is 5.08. The maximum absolute atomic E-state index is 11.6. The van der Waals surface area contributed by atoms with Crippen molar-refractivity contribution in [1.82, 2.24) is 5.32 Å². The van der Waals surface area contributed by atoms with Gasteiger partial charge < -0.3 is 10.1 Å². The largest absolute Gasteiger partial charge is 0.445 e. The lowest BCUT2D eigenvalue weighted by molar-refractivity contribution is -0.118. The van der Waals surface area contributed by atoms with E-state index in [1.165, 1.54) is 0 Å². The highest BCUT2D eigenvalue weighted by Crippen LogP contribution is 2.04. The van der Waals surface area contributed by atoms with Crippen LogP contribution < -0.4 is 5.32 Å². The molecule has 0 saturated carbocycles. The number of ether oxygens (including phenoxy) is 1. The topological polar surface area (TPSA) is 55.4 Å². The summed E-state index contributed by atoms with van der Waals surface area (Å²) in [5.74, 6) is -0.0430. The lowest BCUT2D eigenvalue weighted by Crippen LogP contribution is -2.41. The zero-order valence-electron chi connectivity index (χ0n) is 10.9. The number of carbonyl (C=O) groups excluding carboxylic acids is 2. The number of nitrogens with one attached hydrogen (secondary N) is 1. The molecular formula is C14H18BrNO3. The summed E-state index contributed by atoms with van der Waals surface area (Å²) >= 11 is 3.11. The van der Waals surface area contributed by atoms with Crippen molar-refractivity contribution >= 4 is 27.8 Å². The van der Waals surface area contributed by atoms with E-state index in [9.17, 15) is 9.59 Å². The van der Waals surface area contributed by atoms with E-state index in [4.69, 9.17) is 4.74 Å². The van der Waals surface area contributed by atoms with Gasteiger partial charge in [-0.05, 0) is 12.0 Å². The van der Waals surface area contributed by atoms with Crippen molar-refractivity contribution in [3.05, 3.63) is 35.9 Å². The Morgan fingerprint density at radius 3 is 2.58 bits per heavy atom. The Balaban J connectivity index is 2.42. The van der Waals surface area contributed by atoms with Gasteiger partial charge in [-0.15, -0.1) is 0 Å². The van der Waals surface area contributed by atoms with Crippen LogP contribution in [0, 0.1) is 0 Å². The number of ketones is 1. The standard InChI is InChI=1S/C14H18BrNO3/c1-2-6-12(13(17)9-15)16-14(18)19-10-11-7-4-3-5-8-11/h3-5,7-8,12H,2,6,9-10H2,1H3,(H,16,18). The van der Waals surface area contributed by atoms with Crippen LogP contribution in [0.3, 0.4) is 0 Å². The average Bonchev–Trinajstić information content (AvgIpc) is 2.45. The van der Waals surface area contributed by atoms with Crippen LogP contribution in [0.15, 0.2) is 30.3 Å². The van der Waals surface area contributed by atoms with Gasteiger partial charge in [-0.1, -0.05) is 59.6 Å². The van der Waals surface area contributed by atoms with Crippen LogP contribution >= 0.6 is 15.9 Å². The van der Waals surface area contributed by atoms with Crippen molar-refractivity contribution in [1.29, 1.82) is 0 Å². The Morgan fingerprint density at radius 1 is 1.32 bits per heavy atom. The van der Waals surface area contributed by atoms with Crippen molar-refractivity contribution in [2.75, 3.05) is 5.33 Å². The highest BCUT2D eigenvalue weighted by molar-refractivity contribution is 9.09. The number of halogens is 1. The minimum Gasteiger partial charge on any atom is -0.445 e. The summed E-state index contributed by atoms with van der Waals surface area (Å²) in [6.07, 6.45) is 0.879. The van der Waals surface area contributed by atoms with Gasteiger partial charge in [-0.2, -0.15) is 0 Å². The number of rotatable bonds is 7. The number of benzene rings is 1. The first-order valence-corrected chi connectivity index (χ1v) is 7.35. The molecule has 104 valence electrons. The van der Waals surface area contributed by atoms with Gasteiger partial charge in [0.1, 0.15) is 6.61 Å². The molecule has 1 rings (SSSR count). The smallest absolute Gasteiger partial charge is 0.408 e. The normalized spacial score (nSPS) is 11.7. The summed E-state index contributed by atoms with van der Waals surface area (Å²) in [6.45, 7) is 2.17. The molecule has 1 aromatic rings. The van der Waals surface area contributed by atoms with Crippen LogP contribution in [0.2, 0.25) is 0 Å². The Bertz CT molecular complexity index is 408. The number of hydrogen-bond acceptors (Lipinski definition) is 3. The fourth-order valence-electron chi connectivity index (χ4n) is 1.60. The Kier molecular flexibility index (Phi) is 7.18. The SMILES string of the molecule is CCCC(NC(=O)OCc1ccccc1)C(=O)CBr. The highest BCUT2D eigenvalue weighted by atomic mass is 79.9. The van der Waals surface area contributed by atoms with Crippen LogP contribution in [-0.2, 0) is 16.1 Å². The molecule has 0 aromatic heterocycles. The molecule has 0 heterocycles. The number of amides is 1. The van der Waals surface area contributed by atoms with Crippen LogP contribution in [0.25, 0.3) is 0 Å². The van der Waals surface area contributed by atoms with Gasteiger partial charge in [0.25, 0.3) is 0 Å². The molecule has 0 fully saturated rings. The van der Waals surface area contributed by atoms with E-state index in [0.29, 0.717) is 6.42 Å². The van der Waals surface area contributed by atoms with Crippen molar-refractivity contribution < 1.29 is 14.3 Å². The Morgan fingerprint density at radius 2 is 2.00 bits per heavy atom. The predicted octanol–water partition coefficient (Wildman–Crippen LogP) is 3.05. The molecule has 4 nitrogen and oxygen atoms in total. The summed E-state index contributed by atoms with van der Waals surface area (Å²) in [5, 5.41) is 2.83. The van der Waals surface area contributed by atoms with Gasteiger partial charge in [0.15, 0.2) is 5.78 Å². The van der Waals surface area contributed by atoms with Gasteiger partial charge in [0, 0.05) is 0 Å². The first-order chi connectivity index (χ1) is 9.17. The number of alkyl halides is 1. The van der Waals surface area contributed by atoms with E-state index in [2.05, 4.69) is 21.2 Å². The van der Waals surface area contributed by atoms with Crippen molar-refractivity contribution in [2.24, 2.45) is 0 Å². The molecule has 1 unspecified atom stereocenters. The van der Waals surface area contributed by atoms with Gasteiger partial charge in [0.05, 0.1) is 11.4 Å². The van der Waals surface area contributed by atoms with E-state index in [-0.39, 0.29) is 17.7 Å². The van der Waals surface area contributed by atoms with Crippen molar-refractivity contribution in [2.45, 2.75) is 32.4 Å². The summed E-state index contributed by atoms with van der Waals surface area (Å²) in [4.78, 5) is 23.2. The highest BCUT2D eigenvalue weighted by Gasteiger charge is 2.19. The summed E-state index contributed by atoms with van der Waals surface area (Å²) in [5.41, 5.74) is 0.913. The lowest BCUT2D eigenvalue weighted by atomic mass is 10.1. The second-order valence-electron chi connectivity index (χ2n) is 4.15. The Labute approximate surface area is 121 Å². The van der Waals surface area contributed by atoms with Gasteiger partial charge in [-0.3, -0.25) is 4.79 Å². The molecule has 5 heteroatoms. The molecule has 0 aliphatic rings. The third kappa shape index (κ3) is 5.87. The molecule has 1 amide bonds. The molecule has 0 radical (unpaired) electrons. The molecule has 1 N–H and O–H groups in total. The lowest BCUT2D eigenvalue weighted by Gasteiger charge is -2.15. The monoisotopic (exact) mass is 327 g/mol. The van der Waals surface area contributed by atoms with Crippen LogP contribution in [-0.4, -0.2) is 23.2 Å². The number of carbonyl (C=O) groups is 2. The van der Waals surface area contributed by atoms with Crippen LogP contribution in [0.4, 0.5) is 4.79 Å². The molecule has 0 aliphatic carbocycles. The molecule has 0 spiro atoms. The molecule has 0 aliphatic heterocycles. The van der Waals surface area contributed by atoms with E-state index < -0.39 is 12.1 Å². The summed E-state index contributed by atoms with van der Waals surface area (Å²) in [7, 11) is 0. The molecule has 0 saturated heterocycles. The molecule has 1 atom stereocenters. The second-order valence-corrected chi connectivity index (χ2v) is 4.71. The van der Waals surface area contributed by atoms with Gasteiger partial charge in [0.2, 0.25) is 0 Å². The minimum absolute atomic E-state index is 0.0430. The Hall–Kier alpha value is -1.36. The quantitative estimate of drug-likeness (QED) is 0.783. The van der Waals surface area contributed by atoms with Crippen molar-refractivity contribution in [3.63, 3.8) is 0 Å². The summed E-state index contributed by atoms with van der Waals surface area (Å²) in [6, 6.07) is 8.93. The zero-order valence-corrected chi connectivity index (χ0v) is 12.5. The molecule has 19 heavy (non-hydrogen) atoms. The first-order valence-electron chi connectivity index (χ1n) is 6.23. The first kappa shape index (κ1) is 15.7. The molecular weight excluding hydrogens is 310 g/mol. The fourth-order valence-corrected chi connectivity index (χ4v) is 1.99. The van der Waals surface area contributed by atoms with E-state index in [1.807, 2.05) is 37.3 Å². The van der Waals surface area contributed by atoms with E-state index >= 15 is 0 Å². The zero-order chi connectivity index (χ0) is 14.1. The predicted molar refractivity (Wildman–Crippen MR) is 77.3 cm³/mol. The molecule has 0 bridgehead atoms.